The van der Waals surface area contributed by atoms with E-state index >= 15 is 0 Å². The Morgan fingerprint density at radius 1 is 1.08 bits per heavy atom. The molecule has 2 aromatic carbocycles. The van der Waals surface area contributed by atoms with Gasteiger partial charge in [-0.05, 0) is 49.6 Å². The fourth-order valence-electron chi connectivity index (χ4n) is 4.32. The minimum atomic E-state index is -0.176. The molecule has 10 heteroatoms. The number of aryl methyl sites for hydroxylation is 2. The molecule has 0 saturated carbocycles. The number of pyridine rings is 1. The third kappa shape index (κ3) is 4.83. The number of nitrogens with one attached hydrogen (secondary N) is 1. The molecule has 0 atom stereocenters. The molecule has 0 aliphatic heterocycles. The summed E-state index contributed by atoms with van der Waals surface area (Å²) < 4.78 is 23.0. The van der Waals surface area contributed by atoms with E-state index in [1.807, 2.05) is 6.07 Å². The van der Waals surface area contributed by atoms with Gasteiger partial charge in [0.25, 0.3) is 5.56 Å². The van der Waals surface area contributed by atoms with Gasteiger partial charge in [-0.3, -0.25) is 9.59 Å². The van der Waals surface area contributed by atoms with Gasteiger partial charge in [0.1, 0.15) is 16.7 Å². The third-order valence-electron chi connectivity index (χ3n) is 6.09. The van der Waals surface area contributed by atoms with E-state index in [-0.39, 0.29) is 11.5 Å². The molecule has 0 radical (unpaired) electrons. The molecule has 190 valence electrons. The van der Waals surface area contributed by atoms with Crippen LogP contribution in [0.1, 0.15) is 30.6 Å². The Labute approximate surface area is 212 Å². The van der Waals surface area contributed by atoms with E-state index in [1.54, 1.807) is 57.1 Å². The first-order chi connectivity index (χ1) is 17.4. The smallest absolute Gasteiger partial charge is 0.264 e. The molecule has 4 aromatic rings. The Balaban J connectivity index is 1.40. The highest BCUT2D eigenvalue weighted by atomic mass is 35.5. The Hall–Kier alpha value is -3.72. The number of amides is 1. The lowest BCUT2D eigenvalue weighted by atomic mass is 10.1. The first-order valence-electron chi connectivity index (χ1n) is 11.5. The molecule has 36 heavy (non-hydrogen) atoms. The van der Waals surface area contributed by atoms with Gasteiger partial charge < -0.3 is 28.6 Å². The van der Waals surface area contributed by atoms with E-state index in [4.69, 9.17) is 30.3 Å². The van der Waals surface area contributed by atoms with Crippen molar-refractivity contribution in [2.75, 3.05) is 21.3 Å². The summed E-state index contributed by atoms with van der Waals surface area (Å²) in [5, 5.41) is 8.60. The zero-order valence-electron chi connectivity index (χ0n) is 20.6. The number of carbonyl (C=O) groups excluding carboxylic acids is 1. The van der Waals surface area contributed by atoms with Crippen LogP contribution in [0, 0.1) is 6.92 Å². The molecule has 9 nitrogen and oxygen atoms in total. The normalized spacial score (nSPS) is 11.1. The summed E-state index contributed by atoms with van der Waals surface area (Å²) in [6.07, 6.45) is 1.57. The summed E-state index contributed by atoms with van der Waals surface area (Å²) in [6, 6.07) is 9.01. The molecule has 0 saturated heterocycles. The minimum absolute atomic E-state index is 0.0886. The largest absolute Gasteiger partial charge is 0.493 e. The summed E-state index contributed by atoms with van der Waals surface area (Å²) >= 11 is 6.44. The lowest BCUT2D eigenvalue weighted by molar-refractivity contribution is -0.121. The van der Waals surface area contributed by atoms with Crippen LogP contribution in [0.3, 0.4) is 0 Å². The predicted molar refractivity (Wildman–Crippen MR) is 137 cm³/mol. The summed E-state index contributed by atoms with van der Waals surface area (Å²) in [7, 11) is 4.63. The number of hydrogen-bond acceptors (Lipinski definition) is 7. The maximum absolute atomic E-state index is 13.2. The zero-order valence-corrected chi connectivity index (χ0v) is 21.4. The van der Waals surface area contributed by atoms with E-state index in [0.717, 1.165) is 5.56 Å². The summed E-state index contributed by atoms with van der Waals surface area (Å²) in [5.74, 6) is 1.92. The van der Waals surface area contributed by atoms with Crippen molar-refractivity contribution in [2.24, 2.45) is 0 Å². The van der Waals surface area contributed by atoms with Gasteiger partial charge in [-0.1, -0.05) is 22.8 Å². The molecule has 0 aliphatic carbocycles. The van der Waals surface area contributed by atoms with Crippen molar-refractivity contribution in [1.82, 2.24) is 15.0 Å². The number of rotatable bonds is 10. The summed E-state index contributed by atoms with van der Waals surface area (Å²) in [4.78, 5) is 25.6. The predicted octanol–water partition coefficient (Wildman–Crippen LogP) is 4.62. The van der Waals surface area contributed by atoms with Crippen molar-refractivity contribution >= 4 is 39.3 Å². The molecule has 1 amide bonds. The Morgan fingerprint density at radius 3 is 2.47 bits per heavy atom. The first kappa shape index (κ1) is 25.4. The average Bonchev–Trinajstić information content (AvgIpc) is 3.27. The monoisotopic (exact) mass is 513 g/mol. The highest BCUT2D eigenvalue weighted by Crippen LogP contribution is 2.38. The Bertz CT molecular complexity index is 1450. The number of unbranched alkanes of at least 4 members (excludes halogenated alkanes) is 1. The molecule has 0 bridgehead atoms. The number of fused-ring (bicyclic) bond motifs is 3. The lowest BCUT2D eigenvalue weighted by Crippen LogP contribution is -2.23. The number of halogens is 1. The van der Waals surface area contributed by atoms with Crippen LogP contribution >= 0.6 is 11.6 Å². The number of methoxy groups -OCH3 is 3. The van der Waals surface area contributed by atoms with Crippen LogP contribution < -0.4 is 25.1 Å². The average molecular weight is 514 g/mol. The first-order valence-corrected chi connectivity index (χ1v) is 11.9. The van der Waals surface area contributed by atoms with Gasteiger partial charge in [-0.15, -0.1) is 0 Å². The van der Waals surface area contributed by atoms with Crippen molar-refractivity contribution in [1.29, 1.82) is 0 Å². The topological polar surface area (TPSA) is 105 Å². The van der Waals surface area contributed by atoms with Crippen molar-refractivity contribution in [3.05, 3.63) is 57.0 Å². The highest BCUT2D eigenvalue weighted by molar-refractivity contribution is 6.37. The van der Waals surface area contributed by atoms with Gasteiger partial charge in [0.05, 0.1) is 31.9 Å². The van der Waals surface area contributed by atoms with Crippen molar-refractivity contribution in [3.8, 4) is 17.2 Å². The lowest BCUT2D eigenvalue weighted by Gasteiger charge is -2.14. The van der Waals surface area contributed by atoms with Crippen LogP contribution in [0.5, 0.6) is 17.2 Å². The number of aromatic nitrogens is 2. The molecule has 2 aromatic heterocycles. The number of carbonyl (C=O) groups is 1. The van der Waals surface area contributed by atoms with Crippen LogP contribution in [-0.2, 0) is 17.9 Å². The fraction of sp³-hybridized carbons (Fsp3) is 0.346. The zero-order chi connectivity index (χ0) is 25.8. The van der Waals surface area contributed by atoms with E-state index in [1.165, 1.54) is 0 Å². The van der Waals surface area contributed by atoms with Gasteiger partial charge in [-0.25, -0.2) is 0 Å². The Kier molecular flexibility index (Phi) is 7.69. The van der Waals surface area contributed by atoms with Gasteiger partial charge in [-0.2, -0.15) is 0 Å². The second-order valence-electron chi connectivity index (χ2n) is 8.32. The second kappa shape index (κ2) is 10.9. The van der Waals surface area contributed by atoms with E-state index in [2.05, 4.69) is 10.5 Å². The summed E-state index contributed by atoms with van der Waals surface area (Å²) in [6.45, 7) is 2.47. The van der Waals surface area contributed by atoms with Gasteiger partial charge >= 0.3 is 0 Å². The van der Waals surface area contributed by atoms with Gasteiger partial charge in [0, 0.05) is 24.9 Å². The molecule has 0 aliphatic rings. The van der Waals surface area contributed by atoms with Crippen molar-refractivity contribution in [3.63, 3.8) is 0 Å². The summed E-state index contributed by atoms with van der Waals surface area (Å²) in [5.41, 5.74) is 1.82. The molecular weight excluding hydrogens is 486 g/mol. The SMILES string of the molecule is COc1cc(CNC(=O)CCCCn2c(=O)c3c(C)onc3c3c(Cl)cccc32)cc(OC)c1OC. The minimum Gasteiger partial charge on any atom is -0.493 e. The number of hydrogen-bond donors (Lipinski definition) is 1. The van der Waals surface area contributed by atoms with Crippen LogP contribution in [0.4, 0.5) is 0 Å². The van der Waals surface area contributed by atoms with Crippen LogP contribution in [0.25, 0.3) is 21.8 Å². The van der Waals surface area contributed by atoms with Gasteiger partial charge in [0.2, 0.25) is 11.7 Å². The molecule has 2 heterocycles. The number of benzene rings is 2. The molecule has 0 fully saturated rings. The van der Waals surface area contributed by atoms with Crippen LogP contribution in [0.15, 0.2) is 39.6 Å². The quantitative estimate of drug-likeness (QED) is 0.308. The van der Waals surface area contributed by atoms with Crippen molar-refractivity contribution in [2.45, 2.75) is 39.3 Å². The van der Waals surface area contributed by atoms with E-state index < -0.39 is 0 Å². The van der Waals surface area contributed by atoms with E-state index in [0.29, 0.717) is 82.2 Å². The van der Waals surface area contributed by atoms with Crippen molar-refractivity contribution < 1.29 is 23.5 Å². The molecule has 4 rings (SSSR count). The van der Waals surface area contributed by atoms with Crippen LogP contribution in [0.2, 0.25) is 5.02 Å². The fourth-order valence-corrected chi connectivity index (χ4v) is 4.57. The number of ether oxygens (including phenoxy) is 3. The number of nitrogens with zero attached hydrogens (tertiary/aromatic N) is 2. The van der Waals surface area contributed by atoms with E-state index in [9.17, 15) is 9.59 Å². The van der Waals surface area contributed by atoms with Crippen LogP contribution in [-0.4, -0.2) is 37.0 Å². The molecule has 1 N–H and O–H groups in total. The maximum atomic E-state index is 13.2. The standard InChI is InChI=1S/C26H28ClN3O6/c1-15-22-24(29-36-15)23-17(27)8-7-9-18(23)30(26(22)32)11-6-5-10-21(31)28-14-16-12-19(33-2)25(35-4)20(13-16)34-3/h7-9,12-13H,5-6,10-11,14H2,1-4H3,(H,28,31). The maximum Gasteiger partial charge on any atom is 0.264 e. The Morgan fingerprint density at radius 2 is 1.81 bits per heavy atom. The van der Waals surface area contributed by atoms with Gasteiger partial charge in [0.15, 0.2) is 11.5 Å². The second-order valence-corrected chi connectivity index (χ2v) is 8.73. The third-order valence-corrected chi connectivity index (χ3v) is 6.41. The molecular formula is C26H28ClN3O6. The molecule has 0 spiro atoms. The molecule has 0 unspecified atom stereocenters. The highest BCUT2D eigenvalue weighted by Gasteiger charge is 2.19.